The quantitative estimate of drug-likeness (QED) is 0.733. The maximum atomic E-state index is 12.8. The van der Waals surface area contributed by atoms with Crippen LogP contribution in [-0.2, 0) is 10.0 Å². The molecule has 0 bridgehead atoms. The van der Waals surface area contributed by atoms with E-state index in [0.717, 1.165) is 16.3 Å². The number of anilines is 1. The number of aryl methyl sites for hydroxylation is 2. The average molecular weight is 346 g/mol. The number of benzene rings is 3. The molecule has 0 atom stereocenters. The molecule has 0 aliphatic carbocycles. The van der Waals surface area contributed by atoms with Crippen LogP contribution in [0.1, 0.15) is 11.1 Å². The van der Waals surface area contributed by atoms with Crippen LogP contribution in [0.3, 0.4) is 0 Å². The van der Waals surface area contributed by atoms with Gasteiger partial charge in [-0.25, -0.2) is 8.42 Å². The van der Waals surface area contributed by atoms with Crippen molar-refractivity contribution in [3.05, 3.63) is 70.7 Å². The molecule has 23 heavy (non-hydrogen) atoms. The second-order valence-corrected chi connectivity index (χ2v) is 7.56. The molecule has 3 aromatic carbocycles. The topological polar surface area (TPSA) is 46.2 Å². The summed E-state index contributed by atoms with van der Waals surface area (Å²) in [5, 5.41) is 2.41. The van der Waals surface area contributed by atoms with E-state index in [0.29, 0.717) is 16.3 Å². The van der Waals surface area contributed by atoms with Crippen LogP contribution in [0.4, 0.5) is 5.69 Å². The van der Waals surface area contributed by atoms with Crippen LogP contribution in [-0.4, -0.2) is 8.42 Å². The summed E-state index contributed by atoms with van der Waals surface area (Å²) in [4.78, 5) is 0.243. The maximum absolute atomic E-state index is 12.8. The van der Waals surface area contributed by atoms with Gasteiger partial charge in [0.2, 0.25) is 0 Å². The van der Waals surface area contributed by atoms with Gasteiger partial charge in [0.05, 0.1) is 10.6 Å². The van der Waals surface area contributed by atoms with Gasteiger partial charge >= 0.3 is 0 Å². The summed E-state index contributed by atoms with van der Waals surface area (Å²) < 4.78 is 28.2. The minimum Gasteiger partial charge on any atom is -0.279 e. The zero-order valence-electron chi connectivity index (χ0n) is 12.8. The number of hydrogen-bond donors (Lipinski definition) is 1. The summed E-state index contributed by atoms with van der Waals surface area (Å²) in [6, 6.07) is 16.5. The highest BCUT2D eigenvalue weighted by atomic mass is 35.5. The van der Waals surface area contributed by atoms with E-state index in [-0.39, 0.29) is 4.90 Å². The van der Waals surface area contributed by atoms with E-state index in [2.05, 4.69) is 4.72 Å². The molecule has 3 nitrogen and oxygen atoms in total. The third-order valence-electron chi connectivity index (χ3n) is 3.78. The SMILES string of the molecule is Cc1cc(S(=O)(=O)Nc2cccc3ccccc23)c(C)cc1Cl. The third-order valence-corrected chi connectivity index (χ3v) is 5.69. The first-order valence-electron chi connectivity index (χ1n) is 7.16. The van der Waals surface area contributed by atoms with Gasteiger partial charge in [-0.2, -0.15) is 0 Å². The van der Waals surface area contributed by atoms with Crippen LogP contribution >= 0.6 is 11.6 Å². The second kappa shape index (κ2) is 5.87. The smallest absolute Gasteiger partial charge is 0.262 e. The Hall–Kier alpha value is -2.04. The molecule has 3 aromatic rings. The first-order valence-corrected chi connectivity index (χ1v) is 9.02. The Bertz CT molecular complexity index is 992. The van der Waals surface area contributed by atoms with Gasteiger partial charge in [0.1, 0.15) is 0 Å². The number of nitrogens with one attached hydrogen (secondary N) is 1. The Balaban J connectivity index is 2.09. The largest absolute Gasteiger partial charge is 0.279 e. The summed E-state index contributed by atoms with van der Waals surface area (Å²) >= 11 is 6.06. The fraction of sp³-hybridized carbons (Fsp3) is 0.111. The Morgan fingerprint density at radius 3 is 2.39 bits per heavy atom. The highest BCUT2D eigenvalue weighted by Crippen LogP contribution is 2.28. The van der Waals surface area contributed by atoms with Gasteiger partial charge in [0.15, 0.2) is 0 Å². The van der Waals surface area contributed by atoms with E-state index in [1.807, 2.05) is 36.4 Å². The molecule has 0 aliphatic heterocycles. The first kappa shape index (κ1) is 15.8. The molecule has 0 spiro atoms. The van der Waals surface area contributed by atoms with E-state index in [9.17, 15) is 8.42 Å². The highest BCUT2D eigenvalue weighted by molar-refractivity contribution is 7.92. The molecule has 0 amide bonds. The Labute approximate surface area is 141 Å². The van der Waals surface area contributed by atoms with Gasteiger partial charge in [-0.3, -0.25) is 4.72 Å². The van der Waals surface area contributed by atoms with E-state index < -0.39 is 10.0 Å². The maximum Gasteiger partial charge on any atom is 0.262 e. The average Bonchev–Trinajstić information content (AvgIpc) is 2.51. The number of hydrogen-bond acceptors (Lipinski definition) is 2. The zero-order valence-corrected chi connectivity index (χ0v) is 14.4. The highest BCUT2D eigenvalue weighted by Gasteiger charge is 2.19. The number of fused-ring (bicyclic) bond motifs is 1. The molecule has 0 heterocycles. The molecule has 0 saturated heterocycles. The van der Waals surface area contributed by atoms with Crippen molar-refractivity contribution in [2.24, 2.45) is 0 Å². The van der Waals surface area contributed by atoms with Crippen molar-refractivity contribution in [1.82, 2.24) is 0 Å². The van der Waals surface area contributed by atoms with E-state index in [4.69, 9.17) is 11.6 Å². The van der Waals surface area contributed by atoms with Crippen molar-refractivity contribution >= 4 is 38.1 Å². The van der Waals surface area contributed by atoms with Crippen molar-refractivity contribution < 1.29 is 8.42 Å². The molecule has 3 rings (SSSR count). The van der Waals surface area contributed by atoms with Crippen LogP contribution in [0.2, 0.25) is 5.02 Å². The van der Waals surface area contributed by atoms with Gasteiger partial charge in [-0.05, 0) is 48.6 Å². The first-order chi connectivity index (χ1) is 10.9. The Kier molecular flexibility index (Phi) is 4.04. The zero-order chi connectivity index (χ0) is 16.6. The van der Waals surface area contributed by atoms with Crippen LogP contribution < -0.4 is 4.72 Å². The lowest BCUT2D eigenvalue weighted by molar-refractivity contribution is 0.600. The van der Waals surface area contributed by atoms with Crippen LogP contribution in [0, 0.1) is 13.8 Å². The Morgan fingerprint density at radius 2 is 1.61 bits per heavy atom. The lowest BCUT2D eigenvalue weighted by Crippen LogP contribution is -2.14. The minimum absolute atomic E-state index is 0.243. The number of sulfonamides is 1. The second-order valence-electron chi connectivity index (χ2n) is 5.50. The van der Waals surface area contributed by atoms with Gasteiger partial charge in [0, 0.05) is 10.4 Å². The monoisotopic (exact) mass is 345 g/mol. The summed E-state index contributed by atoms with van der Waals surface area (Å²) in [5.41, 5.74) is 1.92. The molecule has 1 N–H and O–H groups in total. The molecule has 0 aromatic heterocycles. The fourth-order valence-electron chi connectivity index (χ4n) is 2.56. The molecule has 0 aliphatic rings. The molecule has 0 saturated carbocycles. The number of halogens is 1. The van der Waals surface area contributed by atoms with Crippen molar-refractivity contribution in [1.29, 1.82) is 0 Å². The van der Waals surface area contributed by atoms with E-state index in [1.54, 1.807) is 32.0 Å². The summed E-state index contributed by atoms with van der Waals surface area (Å²) in [6.07, 6.45) is 0. The van der Waals surface area contributed by atoms with Crippen LogP contribution in [0.15, 0.2) is 59.5 Å². The van der Waals surface area contributed by atoms with Gasteiger partial charge in [-0.15, -0.1) is 0 Å². The van der Waals surface area contributed by atoms with Crippen molar-refractivity contribution in [3.8, 4) is 0 Å². The minimum atomic E-state index is -3.68. The molecular weight excluding hydrogens is 330 g/mol. The normalized spacial score (nSPS) is 11.6. The van der Waals surface area contributed by atoms with E-state index >= 15 is 0 Å². The lowest BCUT2D eigenvalue weighted by Gasteiger charge is -2.13. The van der Waals surface area contributed by atoms with Crippen molar-refractivity contribution in [2.75, 3.05) is 4.72 Å². The lowest BCUT2D eigenvalue weighted by atomic mass is 10.1. The predicted molar refractivity (Wildman–Crippen MR) is 95.7 cm³/mol. The molecular formula is C18H16ClNO2S. The summed E-state index contributed by atoms with van der Waals surface area (Å²) in [5.74, 6) is 0. The van der Waals surface area contributed by atoms with E-state index in [1.165, 1.54) is 0 Å². The standard InChI is InChI=1S/C18H16ClNO2S/c1-12-11-18(13(2)10-16(12)19)23(21,22)20-17-9-5-7-14-6-3-4-8-15(14)17/h3-11,20H,1-2H3. The van der Waals surface area contributed by atoms with Crippen molar-refractivity contribution in [3.63, 3.8) is 0 Å². The van der Waals surface area contributed by atoms with Gasteiger partial charge < -0.3 is 0 Å². The van der Waals surface area contributed by atoms with Crippen LogP contribution in [0.5, 0.6) is 0 Å². The third kappa shape index (κ3) is 3.05. The molecule has 0 unspecified atom stereocenters. The molecule has 0 fully saturated rings. The Morgan fingerprint density at radius 1 is 0.913 bits per heavy atom. The number of rotatable bonds is 3. The fourth-order valence-corrected chi connectivity index (χ4v) is 4.17. The summed E-state index contributed by atoms with van der Waals surface area (Å²) in [7, 11) is -3.68. The van der Waals surface area contributed by atoms with Gasteiger partial charge in [-0.1, -0.05) is 48.0 Å². The molecule has 118 valence electrons. The van der Waals surface area contributed by atoms with Crippen molar-refractivity contribution in [2.45, 2.75) is 18.7 Å². The van der Waals surface area contributed by atoms with Crippen LogP contribution in [0.25, 0.3) is 10.8 Å². The molecule has 5 heteroatoms. The van der Waals surface area contributed by atoms with Gasteiger partial charge in [0.25, 0.3) is 10.0 Å². The molecule has 0 radical (unpaired) electrons. The summed E-state index contributed by atoms with van der Waals surface area (Å²) in [6.45, 7) is 3.53. The predicted octanol–water partition coefficient (Wildman–Crippen LogP) is 4.91.